The highest BCUT2D eigenvalue weighted by Crippen LogP contribution is 2.27. The zero-order valence-electron chi connectivity index (χ0n) is 10.4. The maximum atomic E-state index is 12.2. The highest BCUT2D eigenvalue weighted by atomic mass is 32.2. The molecule has 0 fully saturated rings. The molecule has 110 valence electrons. The first-order valence-electron chi connectivity index (χ1n) is 5.27. The molecule has 1 aromatic carbocycles. The van der Waals surface area contributed by atoms with E-state index in [0.29, 0.717) is 0 Å². The molecule has 1 aromatic rings. The van der Waals surface area contributed by atoms with Crippen molar-refractivity contribution in [2.45, 2.75) is 16.7 Å². The molecule has 1 amide bonds. The highest BCUT2D eigenvalue weighted by molar-refractivity contribution is 7.93. The third kappa shape index (κ3) is 2.35. The van der Waals surface area contributed by atoms with E-state index in [2.05, 4.69) is 0 Å². The van der Waals surface area contributed by atoms with Gasteiger partial charge in [-0.3, -0.25) is 14.9 Å². The molecule has 10 heteroatoms. The third-order valence-electron chi connectivity index (χ3n) is 2.82. The number of rotatable bonds is 5. The van der Waals surface area contributed by atoms with Crippen LogP contribution in [0.3, 0.4) is 0 Å². The minimum absolute atomic E-state index is 0.236. The smallest absolute Gasteiger partial charge is 0.273 e. The second-order valence-corrected chi connectivity index (χ2v) is 6.33. The molecule has 5 N–H and O–H groups in total. The van der Waals surface area contributed by atoms with Crippen LogP contribution in [0.4, 0.5) is 5.69 Å². The first kappa shape index (κ1) is 16.0. The average Bonchev–Trinajstić information content (AvgIpc) is 2.37. The quantitative estimate of drug-likeness (QED) is 0.454. The number of nitro benzene ring substituents is 1. The molecule has 0 heterocycles. The lowest BCUT2D eigenvalue weighted by Gasteiger charge is -2.23. The SMILES string of the molecule is Cc1ccc(S(=O)(=O)[C@](N)(CO)C(N)=O)cc1[N+](=O)[O-]. The number of amides is 1. The second kappa shape index (κ2) is 5.15. The topological polar surface area (TPSA) is 167 Å². The van der Waals surface area contributed by atoms with Crippen LogP contribution in [0.15, 0.2) is 23.1 Å². The van der Waals surface area contributed by atoms with Gasteiger partial charge in [-0.05, 0) is 13.0 Å². The summed E-state index contributed by atoms with van der Waals surface area (Å²) in [6.45, 7) is 0.177. The Hall–Kier alpha value is -2.04. The number of benzene rings is 1. The lowest BCUT2D eigenvalue weighted by atomic mass is 10.2. The summed E-state index contributed by atoms with van der Waals surface area (Å²) in [4.78, 5) is 17.9. The molecule has 0 aromatic heterocycles. The molecule has 0 saturated heterocycles. The fourth-order valence-electron chi connectivity index (χ4n) is 1.46. The maximum Gasteiger partial charge on any atom is 0.273 e. The van der Waals surface area contributed by atoms with Crippen LogP contribution < -0.4 is 11.5 Å². The molecular formula is C10H13N3O6S. The van der Waals surface area contributed by atoms with Crippen molar-refractivity contribution < 1.29 is 23.2 Å². The van der Waals surface area contributed by atoms with Crippen LogP contribution in [0.1, 0.15) is 5.56 Å². The Morgan fingerprint density at radius 3 is 2.45 bits per heavy atom. The minimum atomic E-state index is -4.57. The molecule has 0 aliphatic carbocycles. The number of hydrogen-bond acceptors (Lipinski definition) is 7. The molecule has 0 spiro atoms. The molecule has 0 aliphatic rings. The number of nitrogens with two attached hydrogens (primary N) is 2. The normalized spacial score (nSPS) is 14.6. The number of carbonyl (C=O) groups is 1. The summed E-state index contributed by atoms with van der Waals surface area (Å²) < 4.78 is 24.4. The highest BCUT2D eigenvalue weighted by Gasteiger charge is 2.47. The van der Waals surface area contributed by atoms with Crippen molar-refractivity contribution >= 4 is 21.4 Å². The summed E-state index contributed by atoms with van der Waals surface area (Å²) in [7, 11) is -4.57. The summed E-state index contributed by atoms with van der Waals surface area (Å²) in [5, 5.41) is 19.8. The van der Waals surface area contributed by atoms with E-state index >= 15 is 0 Å². The van der Waals surface area contributed by atoms with E-state index in [1.165, 1.54) is 13.0 Å². The molecule has 9 nitrogen and oxygen atoms in total. The fraction of sp³-hybridized carbons (Fsp3) is 0.300. The Bertz CT molecular complexity index is 672. The van der Waals surface area contributed by atoms with Crippen LogP contribution in [-0.2, 0) is 14.6 Å². The van der Waals surface area contributed by atoms with Crippen LogP contribution in [0.5, 0.6) is 0 Å². The summed E-state index contributed by atoms with van der Waals surface area (Å²) in [6, 6.07) is 3.02. The van der Waals surface area contributed by atoms with E-state index in [-0.39, 0.29) is 5.56 Å². The molecule has 1 rings (SSSR count). The standard InChI is InChI=1S/C10H13N3O6S/c1-6-2-3-7(4-8(6)13(16)17)20(18,19)10(12,5-14)9(11)15/h2-4,14H,5,12H2,1H3,(H2,11,15)/t10-/m1/s1. The molecule has 0 saturated carbocycles. The van der Waals surface area contributed by atoms with E-state index in [1.54, 1.807) is 0 Å². The van der Waals surface area contributed by atoms with Gasteiger partial charge in [-0.25, -0.2) is 8.42 Å². The van der Waals surface area contributed by atoms with E-state index in [1.807, 2.05) is 0 Å². The number of nitro groups is 1. The van der Waals surface area contributed by atoms with Crippen molar-refractivity contribution in [1.29, 1.82) is 0 Å². The number of sulfone groups is 1. The van der Waals surface area contributed by atoms with Crippen LogP contribution in [0.2, 0.25) is 0 Å². The van der Waals surface area contributed by atoms with Crippen LogP contribution >= 0.6 is 0 Å². The van der Waals surface area contributed by atoms with Crippen molar-refractivity contribution in [3.05, 3.63) is 33.9 Å². The van der Waals surface area contributed by atoms with Crippen LogP contribution in [0.25, 0.3) is 0 Å². The Morgan fingerprint density at radius 1 is 1.50 bits per heavy atom. The Balaban J connectivity index is 3.55. The van der Waals surface area contributed by atoms with Crippen LogP contribution in [0, 0.1) is 17.0 Å². The monoisotopic (exact) mass is 303 g/mol. The van der Waals surface area contributed by atoms with Gasteiger partial charge in [0, 0.05) is 11.6 Å². The predicted molar refractivity (Wildman–Crippen MR) is 68.2 cm³/mol. The number of aliphatic hydroxyl groups is 1. The number of aliphatic hydroxyl groups excluding tert-OH is 1. The van der Waals surface area contributed by atoms with Crippen LogP contribution in [-0.4, -0.2) is 35.8 Å². The first-order valence-corrected chi connectivity index (χ1v) is 6.75. The maximum absolute atomic E-state index is 12.2. The fourth-order valence-corrected chi connectivity index (χ4v) is 2.83. The largest absolute Gasteiger partial charge is 0.393 e. The Morgan fingerprint density at radius 2 is 2.05 bits per heavy atom. The zero-order valence-corrected chi connectivity index (χ0v) is 11.3. The van der Waals surface area contributed by atoms with Crippen molar-refractivity contribution in [3.8, 4) is 0 Å². The van der Waals surface area contributed by atoms with Gasteiger partial charge in [0.25, 0.3) is 11.6 Å². The molecule has 0 radical (unpaired) electrons. The van der Waals surface area contributed by atoms with Crippen molar-refractivity contribution in [3.63, 3.8) is 0 Å². The van der Waals surface area contributed by atoms with Gasteiger partial charge in [-0.1, -0.05) is 6.07 Å². The number of nitrogens with zero attached hydrogens (tertiary/aromatic N) is 1. The summed E-state index contributed by atoms with van der Waals surface area (Å²) in [5.41, 5.74) is 10.0. The number of carbonyl (C=O) groups excluding carboxylic acids is 1. The molecular weight excluding hydrogens is 290 g/mol. The van der Waals surface area contributed by atoms with E-state index in [4.69, 9.17) is 16.6 Å². The predicted octanol–water partition coefficient (Wildman–Crippen LogP) is -1.19. The number of primary amides is 1. The lowest BCUT2D eigenvalue weighted by Crippen LogP contribution is -2.60. The summed E-state index contributed by atoms with van der Waals surface area (Å²) in [6.07, 6.45) is 0. The third-order valence-corrected chi connectivity index (χ3v) is 4.98. The van der Waals surface area contributed by atoms with Gasteiger partial charge in [0.05, 0.1) is 16.4 Å². The molecule has 0 aliphatic heterocycles. The van der Waals surface area contributed by atoms with E-state index in [0.717, 1.165) is 12.1 Å². The van der Waals surface area contributed by atoms with E-state index < -0.39 is 42.7 Å². The lowest BCUT2D eigenvalue weighted by molar-refractivity contribution is -0.385. The first-order chi connectivity index (χ1) is 9.07. The van der Waals surface area contributed by atoms with E-state index in [9.17, 15) is 23.3 Å². The molecule has 0 bridgehead atoms. The van der Waals surface area contributed by atoms with Gasteiger partial charge in [0.15, 0.2) is 0 Å². The van der Waals surface area contributed by atoms with Gasteiger partial charge >= 0.3 is 0 Å². The van der Waals surface area contributed by atoms with Gasteiger partial charge in [-0.2, -0.15) is 0 Å². The summed E-state index contributed by atoms with van der Waals surface area (Å²) >= 11 is 0. The van der Waals surface area contributed by atoms with Crippen molar-refractivity contribution in [2.24, 2.45) is 11.5 Å². The van der Waals surface area contributed by atoms with Crippen molar-refractivity contribution in [1.82, 2.24) is 0 Å². The van der Waals surface area contributed by atoms with Gasteiger partial charge < -0.3 is 16.6 Å². The van der Waals surface area contributed by atoms with Gasteiger partial charge in [-0.15, -0.1) is 0 Å². The molecule has 1 atom stereocenters. The Kier molecular flexibility index (Phi) is 4.12. The minimum Gasteiger partial charge on any atom is -0.393 e. The van der Waals surface area contributed by atoms with Gasteiger partial charge in [0.1, 0.15) is 0 Å². The number of aryl methyl sites for hydroxylation is 1. The zero-order chi connectivity index (χ0) is 15.7. The molecule has 20 heavy (non-hydrogen) atoms. The van der Waals surface area contributed by atoms with Gasteiger partial charge in [0.2, 0.25) is 14.7 Å². The average molecular weight is 303 g/mol. The number of hydrogen-bond donors (Lipinski definition) is 3. The second-order valence-electron chi connectivity index (χ2n) is 4.12. The Labute approximate surface area is 114 Å². The molecule has 0 unspecified atom stereocenters. The van der Waals surface area contributed by atoms with Crippen molar-refractivity contribution in [2.75, 3.05) is 6.61 Å². The summed E-state index contributed by atoms with van der Waals surface area (Å²) in [5.74, 6) is -1.46.